The lowest BCUT2D eigenvalue weighted by atomic mass is 10.1. The van der Waals surface area contributed by atoms with Crippen LogP contribution in [0.5, 0.6) is 5.75 Å². The summed E-state index contributed by atoms with van der Waals surface area (Å²) >= 11 is 0. The van der Waals surface area contributed by atoms with Crippen LogP contribution in [-0.4, -0.2) is 27.0 Å². The van der Waals surface area contributed by atoms with Gasteiger partial charge < -0.3 is 14.6 Å². The molecular weight excluding hydrogens is 374 g/mol. The molecule has 6 heteroatoms. The van der Waals surface area contributed by atoms with Crippen LogP contribution in [0.4, 0.5) is 11.5 Å². The zero-order valence-corrected chi connectivity index (χ0v) is 16.8. The van der Waals surface area contributed by atoms with Gasteiger partial charge in [0.15, 0.2) is 5.82 Å². The molecule has 5 aromatic rings. The summed E-state index contributed by atoms with van der Waals surface area (Å²) in [4.78, 5) is 19.6. The Kier molecular flexibility index (Phi) is 4.52. The van der Waals surface area contributed by atoms with Crippen LogP contribution in [0, 0.1) is 0 Å². The van der Waals surface area contributed by atoms with Crippen LogP contribution in [0.2, 0.25) is 0 Å². The van der Waals surface area contributed by atoms with Crippen LogP contribution >= 0.6 is 0 Å². The molecule has 1 unspecified atom stereocenters. The van der Waals surface area contributed by atoms with Gasteiger partial charge in [0, 0.05) is 22.8 Å². The van der Waals surface area contributed by atoms with E-state index in [1.165, 1.54) is 0 Å². The SMILES string of the molecule is COc1ccc2[nH]c3c(N(c4ccccc4)C(C)c4ccccn4)ncnc3c2c1. The number of ether oxygens (including phenoxy) is 1. The summed E-state index contributed by atoms with van der Waals surface area (Å²) < 4.78 is 5.41. The van der Waals surface area contributed by atoms with Crippen LogP contribution in [0.3, 0.4) is 0 Å². The predicted molar refractivity (Wildman–Crippen MR) is 119 cm³/mol. The molecule has 6 nitrogen and oxygen atoms in total. The van der Waals surface area contributed by atoms with Gasteiger partial charge in [-0.3, -0.25) is 4.98 Å². The molecule has 2 aromatic carbocycles. The number of para-hydroxylation sites is 1. The number of nitrogens with one attached hydrogen (secondary N) is 1. The van der Waals surface area contributed by atoms with Gasteiger partial charge >= 0.3 is 0 Å². The zero-order valence-electron chi connectivity index (χ0n) is 16.8. The summed E-state index contributed by atoms with van der Waals surface area (Å²) in [6.07, 6.45) is 3.44. The summed E-state index contributed by atoms with van der Waals surface area (Å²) in [5.41, 5.74) is 4.74. The number of hydrogen-bond donors (Lipinski definition) is 1. The van der Waals surface area contributed by atoms with Gasteiger partial charge in [0.25, 0.3) is 0 Å². The minimum Gasteiger partial charge on any atom is -0.497 e. The van der Waals surface area contributed by atoms with E-state index in [2.05, 4.69) is 38.9 Å². The Morgan fingerprint density at radius 3 is 2.53 bits per heavy atom. The topological polar surface area (TPSA) is 66.9 Å². The lowest BCUT2D eigenvalue weighted by molar-refractivity contribution is 0.415. The summed E-state index contributed by atoms with van der Waals surface area (Å²) in [7, 11) is 1.67. The Labute approximate surface area is 174 Å². The summed E-state index contributed by atoms with van der Waals surface area (Å²) in [6.45, 7) is 2.13. The molecule has 0 aliphatic heterocycles. The van der Waals surface area contributed by atoms with E-state index in [0.29, 0.717) is 0 Å². The predicted octanol–water partition coefficient (Wildman–Crippen LogP) is 5.41. The minimum absolute atomic E-state index is 0.0346. The Morgan fingerprint density at radius 1 is 0.933 bits per heavy atom. The molecule has 0 saturated heterocycles. The van der Waals surface area contributed by atoms with E-state index in [1.54, 1.807) is 13.4 Å². The average molecular weight is 395 g/mol. The van der Waals surface area contributed by atoms with Crippen LogP contribution < -0.4 is 9.64 Å². The molecule has 0 radical (unpaired) electrons. The van der Waals surface area contributed by atoms with Gasteiger partial charge in [-0.1, -0.05) is 24.3 Å². The molecule has 1 atom stereocenters. The number of H-pyrrole nitrogens is 1. The first-order chi connectivity index (χ1) is 14.8. The fourth-order valence-electron chi connectivity index (χ4n) is 3.84. The van der Waals surface area contributed by atoms with Crippen molar-refractivity contribution >= 4 is 33.4 Å². The van der Waals surface area contributed by atoms with Crippen molar-refractivity contribution in [2.24, 2.45) is 0 Å². The van der Waals surface area contributed by atoms with Gasteiger partial charge in [-0.05, 0) is 49.4 Å². The van der Waals surface area contributed by atoms with Gasteiger partial charge in [0.1, 0.15) is 23.1 Å². The highest BCUT2D eigenvalue weighted by atomic mass is 16.5. The number of rotatable bonds is 5. The summed E-state index contributed by atoms with van der Waals surface area (Å²) in [5, 5.41) is 1.01. The average Bonchev–Trinajstić information content (AvgIpc) is 3.19. The third-order valence-electron chi connectivity index (χ3n) is 5.33. The molecule has 0 saturated carbocycles. The monoisotopic (exact) mass is 395 g/mol. The second-order valence-electron chi connectivity index (χ2n) is 7.09. The van der Waals surface area contributed by atoms with Gasteiger partial charge in [-0.15, -0.1) is 0 Å². The molecule has 148 valence electrons. The van der Waals surface area contributed by atoms with Crippen molar-refractivity contribution in [2.45, 2.75) is 13.0 Å². The molecular formula is C24H21N5O. The number of aromatic amines is 1. The van der Waals surface area contributed by atoms with E-state index in [-0.39, 0.29) is 6.04 Å². The third kappa shape index (κ3) is 3.03. The van der Waals surface area contributed by atoms with Crippen molar-refractivity contribution in [3.63, 3.8) is 0 Å². The summed E-state index contributed by atoms with van der Waals surface area (Å²) in [5.74, 6) is 1.60. The van der Waals surface area contributed by atoms with E-state index in [9.17, 15) is 0 Å². The van der Waals surface area contributed by atoms with E-state index >= 15 is 0 Å². The molecule has 1 N–H and O–H groups in total. The molecule has 0 spiro atoms. The molecule has 3 aromatic heterocycles. The minimum atomic E-state index is -0.0346. The van der Waals surface area contributed by atoms with Crippen molar-refractivity contribution in [3.8, 4) is 5.75 Å². The molecule has 0 aliphatic rings. The molecule has 0 fully saturated rings. The molecule has 0 amide bonds. The van der Waals surface area contributed by atoms with Crippen molar-refractivity contribution in [1.29, 1.82) is 0 Å². The summed E-state index contributed by atoms with van der Waals surface area (Å²) in [6, 6.07) is 22.1. The lowest BCUT2D eigenvalue weighted by Gasteiger charge is -2.30. The van der Waals surface area contributed by atoms with E-state index in [0.717, 1.165) is 44.9 Å². The first-order valence-corrected chi connectivity index (χ1v) is 9.82. The number of anilines is 2. The number of benzene rings is 2. The standard InChI is InChI=1S/C24H21N5O/c1-16(20-10-6-7-13-25-20)29(17-8-4-3-5-9-17)24-23-22(26-15-27-24)19-14-18(30-2)11-12-21(19)28-23/h3-16,28H,1-2H3. The highest BCUT2D eigenvalue weighted by molar-refractivity contribution is 6.09. The largest absolute Gasteiger partial charge is 0.497 e. The van der Waals surface area contributed by atoms with Crippen LogP contribution in [0.15, 0.2) is 79.3 Å². The van der Waals surface area contributed by atoms with Crippen molar-refractivity contribution in [1.82, 2.24) is 19.9 Å². The normalized spacial score (nSPS) is 12.2. The Balaban J connectivity index is 1.75. The van der Waals surface area contributed by atoms with E-state index < -0.39 is 0 Å². The maximum atomic E-state index is 5.41. The molecule has 0 bridgehead atoms. The van der Waals surface area contributed by atoms with Gasteiger partial charge in [-0.25, -0.2) is 9.97 Å². The lowest BCUT2D eigenvalue weighted by Crippen LogP contribution is -2.23. The maximum absolute atomic E-state index is 5.41. The second-order valence-corrected chi connectivity index (χ2v) is 7.09. The third-order valence-corrected chi connectivity index (χ3v) is 5.33. The highest BCUT2D eigenvalue weighted by Crippen LogP contribution is 2.38. The quantitative estimate of drug-likeness (QED) is 0.431. The Hall–Kier alpha value is -3.93. The number of hydrogen-bond acceptors (Lipinski definition) is 5. The smallest absolute Gasteiger partial charge is 0.161 e. The van der Waals surface area contributed by atoms with Crippen LogP contribution in [0.1, 0.15) is 18.7 Å². The first kappa shape index (κ1) is 18.1. The van der Waals surface area contributed by atoms with E-state index in [1.807, 2.05) is 60.8 Å². The van der Waals surface area contributed by atoms with Crippen LogP contribution in [-0.2, 0) is 0 Å². The van der Waals surface area contributed by atoms with Crippen molar-refractivity contribution in [2.75, 3.05) is 12.0 Å². The molecule has 3 heterocycles. The Bertz CT molecular complexity index is 1300. The maximum Gasteiger partial charge on any atom is 0.161 e. The highest BCUT2D eigenvalue weighted by Gasteiger charge is 2.24. The number of methoxy groups -OCH3 is 1. The fourth-order valence-corrected chi connectivity index (χ4v) is 3.84. The zero-order chi connectivity index (χ0) is 20.5. The molecule has 0 aliphatic carbocycles. The second kappa shape index (κ2) is 7.48. The van der Waals surface area contributed by atoms with Crippen molar-refractivity contribution in [3.05, 3.63) is 84.9 Å². The first-order valence-electron chi connectivity index (χ1n) is 9.82. The number of nitrogens with zero attached hydrogens (tertiary/aromatic N) is 4. The number of pyridine rings is 1. The van der Waals surface area contributed by atoms with Gasteiger partial charge in [0.05, 0.1) is 18.8 Å². The number of fused-ring (bicyclic) bond motifs is 3. The van der Waals surface area contributed by atoms with E-state index in [4.69, 9.17) is 9.72 Å². The van der Waals surface area contributed by atoms with Crippen molar-refractivity contribution < 1.29 is 4.74 Å². The Morgan fingerprint density at radius 2 is 1.77 bits per heavy atom. The van der Waals surface area contributed by atoms with Gasteiger partial charge in [0.2, 0.25) is 0 Å². The van der Waals surface area contributed by atoms with Gasteiger partial charge in [-0.2, -0.15) is 0 Å². The van der Waals surface area contributed by atoms with Crippen LogP contribution in [0.25, 0.3) is 21.9 Å². The molecule has 5 rings (SSSR count). The number of aromatic nitrogens is 4. The fraction of sp³-hybridized carbons (Fsp3) is 0.125. The molecule has 30 heavy (non-hydrogen) atoms.